The standard InChI is InChI=1S/C36H38N2O6S3/c1-36(2,3)29-13-25-12-26(14-29)35(42)38-16-24-6-10-31(11-7-24)44-33(40)22-47-20-28-18-45-17-27(28)19-46-21-32(39)43-30-8-4-23(5-9-30)15-37-34(25)41/h4-14H,15-22H2,1-3H3,(H,37,41)(H,38,42). The Hall–Kier alpha value is -3.67. The molecule has 0 unspecified atom stereocenters. The summed E-state index contributed by atoms with van der Waals surface area (Å²) in [6.07, 6.45) is 0. The highest BCUT2D eigenvalue weighted by atomic mass is 32.2. The zero-order valence-corrected chi connectivity index (χ0v) is 29.1. The second-order valence-corrected chi connectivity index (χ2v) is 15.3. The van der Waals surface area contributed by atoms with E-state index in [1.165, 1.54) is 34.7 Å². The van der Waals surface area contributed by atoms with Crippen molar-refractivity contribution in [1.29, 1.82) is 0 Å². The van der Waals surface area contributed by atoms with Gasteiger partial charge < -0.3 is 20.1 Å². The Morgan fingerprint density at radius 1 is 0.553 bits per heavy atom. The van der Waals surface area contributed by atoms with Crippen LogP contribution >= 0.6 is 35.3 Å². The SMILES string of the molecule is CC(C)(C)c1cc2cc(c1)C(=O)NCc1ccc(cc1)OC(=O)CSCC1=C(CSCC(=O)Oc3ccc(cc3)CNC2=O)CSC1. The Morgan fingerprint density at radius 3 is 1.32 bits per heavy atom. The van der Waals surface area contributed by atoms with Gasteiger partial charge in [-0.15, -0.1) is 23.5 Å². The average molecular weight is 691 g/mol. The maximum Gasteiger partial charge on any atom is 0.321 e. The van der Waals surface area contributed by atoms with E-state index in [9.17, 15) is 19.2 Å². The Labute approximate surface area is 288 Å². The predicted octanol–water partition coefficient (Wildman–Crippen LogP) is 6.18. The first-order chi connectivity index (χ1) is 22.5. The van der Waals surface area contributed by atoms with Crippen LogP contribution in [0.3, 0.4) is 0 Å². The summed E-state index contributed by atoms with van der Waals surface area (Å²) < 4.78 is 11.1. The van der Waals surface area contributed by atoms with Crippen LogP contribution in [0.5, 0.6) is 11.5 Å². The van der Waals surface area contributed by atoms with Crippen LogP contribution in [0, 0.1) is 0 Å². The largest absolute Gasteiger partial charge is 0.426 e. The van der Waals surface area contributed by atoms with Crippen molar-refractivity contribution in [3.05, 3.63) is 106 Å². The number of esters is 2. The molecule has 2 N–H and O–H groups in total. The number of thioether (sulfide) groups is 3. The van der Waals surface area contributed by atoms with Gasteiger partial charge in [0.1, 0.15) is 11.5 Å². The zero-order chi connectivity index (χ0) is 33.4. The molecule has 246 valence electrons. The summed E-state index contributed by atoms with van der Waals surface area (Å²) in [5.74, 6) is 3.43. The predicted molar refractivity (Wildman–Crippen MR) is 191 cm³/mol. The minimum atomic E-state index is -0.323. The molecule has 5 aliphatic heterocycles. The minimum absolute atomic E-state index is 0.227. The third-order valence-corrected chi connectivity index (χ3v) is 10.7. The number of rotatable bonds is 0. The number of hydrogen-bond donors (Lipinski definition) is 2. The molecule has 11 heteroatoms. The molecule has 0 saturated heterocycles. The van der Waals surface area contributed by atoms with Crippen LogP contribution in [-0.2, 0) is 28.1 Å². The molecule has 2 amide bonds. The van der Waals surface area contributed by atoms with Crippen LogP contribution < -0.4 is 20.1 Å². The fourth-order valence-corrected chi connectivity index (χ4v) is 8.09. The maximum atomic E-state index is 13.3. The van der Waals surface area contributed by atoms with E-state index < -0.39 is 0 Å². The number of nitrogens with one attached hydrogen (secondary N) is 2. The molecule has 0 saturated carbocycles. The molecule has 6 bridgehead atoms. The lowest BCUT2D eigenvalue weighted by molar-refractivity contribution is -0.132. The van der Waals surface area contributed by atoms with Gasteiger partial charge in [0, 0.05) is 47.2 Å². The van der Waals surface area contributed by atoms with Gasteiger partial charge in [-0.25, -0.2) is 0 Å². The number of hydrogen-bond acceptors (Lipinski definition) is 9. The number of carbonyl (C=O) groups is 4. The number of ether oxygens (including phenoxy) is 2. The van der Waals surface area contributed by atoms with Crippen LogP contribution in [0.15, 0.2) is 77.9 Å². The maximum absolute atomic E-state index is 13.3. The highest BCUT2D eigenvalue weighted by Crippen LogP contribution is 2.30. The Kier molecular flexibility index (Phi) is 11.8. The van der Waals surface area contributed by atoms with Gasteiger partial charge in [-0.1, -0.05) is 45.0 Å². The molecule has 5 heterocycles. The van der Waals surface area contributed by atoms with Crippen molar-refractivity contribution >= 4 is 59.0 Å². The molecular weight excluding hydrogens is 653 g/mol. The Bertz CT molecular complexity index is 1550. The average Bonchev–Trinajstić information content (AvgIpc) is 3.49. The summed E-state index contributed by atoms with van der Waals surface area (Å²) in [4.78, 5) is 51.5. The molecule has 0 spiro atoms. The van der Waals surface area contributed by atoms with Crippen LogP contribution in [0.2, 0.25) is 0 Å². The zero-order valence-electron chi connectivity index (χ0n) is 26.7. The van der Waals surface area contributed by atoms with E-state index in [2.05, 4.69) is 10.6 Å². The van der Waals surface area contributed by atoms with Gasteiger partial charge in [0.05, 0.1) is 11.5 Å². The van der Waals surface area contributed by atoms with Crippen molar-refractivity contribution in [3.8, 4) is 11.5 Å². The summed E-state index contributed by atoms with van der Waals surface area (Å²) in [6.45, 7) is 6.62. The van der Waals surface area contributed by atoms with Gasteiger partial charge in [0.25, 0.3) is 11.8 Å². The molecule has 0 atom stereocenters. The van der Waals surface area contributed by atoms with Crippen molar-refractivity contribution in [2.75, 3.05) is 34.5 Å². The molecule has 8 nitrogen and oxygen atoms in total. The molecule has 0 aliphatic carbocycles. The van der Waals surface area contributed by atoms with Crippen LogP contribution in [0.25, 0.3) is 0 Å². The van der Waals surface area contributed by atoms with Crippen molar-refractivity contribution < 1.29 is 28.7 Å². The van der Waals surface area contributed by atoms with Gasteiger partial charge >= 0.3 is 11.9 Å². The third-order valence-electron chi connectivity index (χ3n) is 7.58. The summed E-state index contributed by atoms with van der Waals surface area (Å²) in [6, 6.07) is 19.3. The highest BCUT2D eigenvalue weighted by Gasteiger charge is 2.21. The van der Waals surface area contributed by atoms with Gasteiger partial charge in [-0.2, -0.15) is 11.8 Å². The molecule has 0 radical (unpaired) electrons. The molecular formula is C36H38N2O6S3. The quantitative estimate of drug-likeness (QED) is 0.162. The van der Waals surface area contributed by atoms with Gasteiger partial charge in [-0.3, -0.25) is 19.2 Å². The first kappa shape index (κ1) is 34.7. The van der Waals surface area contributed by atoms with Crippen LogP contribution in [0.1, 0.15) is 58.2 Å². The highest BCUT2D eigenvalue weighted by molar-refractivity contribution is 8.01. The lowest BCUT2D eigenvalue weighted by atomic mass is 9.85. The fraction of sp³-hybridized carbons (Fsp3) is 0.333. The van der Waals surface area contributed by atoms with E-state index in [1.807, 2.05) is 68.9 Å². The Balaban J connectivity index is 1.33. The molecule has 0 aromatic heterocycles. The van der Waals surface area contributed by atoms with Gasteiger partial charge in [-0.05, 0) is 75.7 Å². The van der Waals surface area contributed by atoms with Crippen molar-refractivity contribution in [2.45, 2.75) is 39.3 Å². The van der Waals surface area contributed by atoms with E-state index in [4.69, 9.17) is 9.47 Å². The van der Waals surface area contributed by atoms with Crippen molar-refractivity contribution in [3.63, 3.8) is 0 Å². The number of carbonyl (C=O) groups excluding carboxylic acids is 4. The van der Waals surface area contributed by atoms with Crippen molar-refractivity contribution in [1.82, 2.24) is 10.6 Å². The van der Waals surface area contributed by atoms with E-state index in [-0.39, 0.29) is 53.8 Å². The molecule has 47 heavy (non-hydrogen) atoms. The number of benzene rings is 3. The van der Waals surface area contributed by atoms with E-state index in [0.29, 0.717) is 22.6 Å². The van der Waals surface area contributed by atoms with E-state index >= 15 is 0 Å². The fourth-order valence-electron chi connectivity index (χ4n) is 4.87. The van der Waals surface area contributed by atoms with Crippen LogP contribution in [0.4, 0.5) is 0 Å². The second-order valence-electron chi connectivity index (χ2n) is 12.3. The molecule has 5 aliphatic rings. The first-order valence-electron chi connectivity index (χ1n) is 15.3. The molecule has 3 aromatic carbocycles. The summed E-state index contributed by atoms with van der Waals surface area (Å²) >= 11 is 4.90. The van der Waals surface area contributed by atoms with Crippen molar-refractivity contribution in [2.24, 2.45) is 0 Å². The van der Waals surface area contributed by atoms with Crippen LogP contribution in [-0.4, -0.2) is 58.3 Å². The van der Waals surface area contributed by atoms with E-state index in [1.54, 1.807) is 30.3 Å². The lowest BCUT2D eigenvalue weighted by Gasteiger charge is -2.21. The molecule has 0 fully saturated rings. The monoisotopic (exact) mass is 690 g/mol. The Morgan fingerprint density at radius 2 is 0.936 bits per heavy atom. The lowest BCUT2D eigenvalue weighted by Crippen LogP contribution is -2.27. The summed E-state index contributed by atoms with van der Waals surface area (Å²) in [5, 5.41) is 5.88. The third kappa shape index (κ3) is 10.2. The molecule has 8 rings (SSSR count). The summed E-state index contributed by atoms with van der Waals surface area (Å²) in [7, 11) is 0. The minimum Gasteiger partial charge on any atom is -0.426 e. The second kappa shape index (κ2) is 16.0. The van der Waals surface area contributed by atoms with Gasteiger partial charge in [0.15, 0.2) is 0 Å². The smallest absolute Gasteiger partial charge is 0.321 e. The first-order valence-corrected chi connectivity index (χ1v) is 18.7. The van der Waals surface area contributed by atoms with E-state index in [0.717, 1.165) is 39.7 Å². The normalized spacial score (nSPS) is 17.5. The topological polar surface area (TPSA) is 111 Å². The molecule has 3 aromatic rings. The number of amides is 2. The van der Waals surface area contributed by atoms with Gasteiger partial charge in [0.2, 0.25) is 0 Å². The summed E-state index contributed by atoms with van der Waals surface area (Å²) in [5.41, 5.74) is 5.65.